The Morgan fingerprint density at radius 1 is 1.26 bits per heavy atom. The van der Waals surface area contributed by atoms with E-state index in [0.717, 1.165) is 5.56 Å². The maximum absolute atomic E-state index is 12.1. The Labute approximate surface area is 136 Å². The number of nitrogens with one attached hydrogen (secondary N) is 2. The summed E-state index contributed by atoms with van der Waals surface area (Å²) in [5, 5.41) is 5.19. The molecule has 1 atom stereocenters. The van der Waals surface area contributed by atoms with Gasteiger partial charge in [-0.1, -0.05) is 18.7 Å². The first kappa shape index (κ1) is 18.4. The minimum Gasteiger partial charge on any atom is -0.357 e. The van der Waals surface area contributed by atoms with Gasteiger partial charge < -0.3 is 15.5 Å². The van der Waals surface area contributed by atoms with Crippen molar-refractivity contribution in [2.45, 2.75) is 25.8 Å². The van der Waals surface area contributed by atoms with Gasteiger partial charge in [-0.25, -0.2) is 0 Å². The van der Waals surface area contributed by atoms with E-state index < -0.39 is 6.04 Å². The Kier molecular flexibility index (Phi) is 6.99. The van der Waals surface area contributed by atoms with E-state index in [9.17, 15) is 14.4 Å². The molecule has 3 amide bonds. The molecule has 1 aromatic rings. The van der Waals surface area contributed by atoms with Crippen LogP contribution in [-0.2, 0) is 20.8 Å². The molecule has 6 nitrogen and oxygen atoms in total. The lowest BCUT2D eigenvalue weighted by atomic mass is 10.1. The van der Waals surface area contributed by atoms with E-state index in [2.05, 4.69) is 17.2 Å². The molecule has 1 aromatic carbocycles. The van der Waals surface area contributed by atoms with Crippen molar-refractivity contribution in [2.24, 2.45) is 0 Å². The predicted molar refractivity (Wildman–Crippen MR) is 89.9 cm³/mol. The molecular weight excluding hydrogens is 294 g/mol. The lowest BCUT2D eigenvalue weighted by Crippen LogP contribution is -2.44. The molecule has 0 aliphatic heterocycles. The van der Waals surface area contributed by atoms with Gasteiger partial charge in [-0.05, 0) is 37.1 Å². The van der Waals surface area contributed by atoms with Crippen LogP contribution in [0, 0.1) is 0 Å². The molecular formula is C17H23N3O3. The highest BCUT2D eigenvalue weighted by atomic mass is 16.2. The van der Waals surface area contributed by atoms with Crippen LogP contribution in [0.1, 0.15) is 18.9 Å². The minimum atomic E-state index is -0.496. The largest absolute Gasteiger partial charge is 0.357 e. The van der Waals surface area contributed by atoms with Crippen molar-refractivity contribution in [3.05, 3.63) is 42.5 Å². The molecule has 1 rings (SSSR count). The van der Waals surface area contributed by atoms with Crippen LogP contribution < -0.4 is 10.6 Å². The summed E-state index contributed by atoms with van der Waals surface area (Å²) < 4.78 is 0. The standard InChI is InChI=1S/C17H23N3O3/c1-5-15(21)19-14-9-6-13(7-10-14)8-11-16(22)20(4)12(2)17(23)18-3/h5-7,9-10,12H,1,8,11H2,2-4H3,(H,18,23)(H,19,21)/t12-/m0/s1. The number of benzene rings is 1. The lowest BCUT2D eigenvalue weighted by molar-refractivity contribution is -0.138. The molecule has 0 saturated carbocycles. The number of carbonyl (C=O) groups is 3. The van der Waals surface area contributed by atoms with Gasteiger partial charge in [0.15, 0.2) is 0 Å². The normalized spacial score (nSPS) is 11.3. The monoisotopic (exact) mass is 317 g/mol. The summed E-state index contributed by atoms with van der Waals surface area (Å²) in [6, 6.07) is 6.77. The summed E-state index contributed by atoms with van der Waals surface area (Å²) in [5.74, 6) is -0.550. The fraction of sp³-hybridized carbons (Fsp3) is 0.353. The summed E-state index contributed by atoms with van der Waals surface area (Å²) in [7, 11) is 3.17. The third-order valence-corrected chi connectivity index (χ3v) is 3.63. The Balaban J connectivity index is 2.54. The van der Waals surface area contributed by atoms with Crippen LogP contribution in [0.5, 0.6) is 0 Å². The summed E-state index contributed by atoms with van der Waals surface area (Å²) in [5.41, 5.74) is 1.66. The van der Waals surface area contributed by atoms with Crippen LogP contribution in [0.25, 0.3) is 0 Å². The third-order valence-electron chi connectivity index (χ3n) is 3.63. The van der Waals surface area contributed by atoms with Gasteiger partial charge in [0.05, 0.1) is 0 Å². The van der Waals surface area contributed by atoms with E-state index in [-0.39, 0.29) is 17.7 Å². The van der Waals surface area contributed by atoms with E-state index >= 15 is 0 Å². The number of aryl methyl sites for hydroxylation is 1. The predicted octanol–water partition coefficient (Wildman–Crippen LogP) is 1.34. The average molecular weight is 317 g/mol. The maximum Gasteiger partial charge on any atom is 0.247 e. The summed E-state index contributed by atoms with van der Waals surface area (Å²) in [6.07, 6.45) is 2.09. The number of nitrogens with zero attached hydrogens (tertiary/aromatic N) is 1. The summed E-state index contributed by atoms with van der Waals surface area (Å²) >= 11 is 0. The van der Waals surface area contributed by atoms with Gasteiger partial charge in [0.1, 0.15) is 6.04 Å². The van der Waals surface area contributed by atoms with Crippen LogP contribution in [-0.4, -0.2) is 42.8 Å². The molecule has 0 heterocycles. The Morgan fingerprint density at radius 2 is 1.87 bits per heavy atom. The molecule has 0 fully saturated rings. The van der Waals surface area contributed by atoms with E-state index in [0.29, 0.717) is 18.5 Å². The highest BCUT2D eigenvalue weighted by molar-refractivity contribution is 5.98. The van der Waals surface area contributed by atoms with Gasteiger partial charge in [0.25, 0.3) is 0 Å². The molecule has 0 spiro atoms. The van der Waals surface area contributed by atoms with Crippen molar-refractivity contribution in [1.82, 2.24) is 10.2 Å². The van der Waals surface area contributed by atoms with E-state index in [1.807, 2.05) is 12.1 Å². The number of rotatable bonds is 7. The Hall–Kier alpha value is -2.63. The fourth-order valence-electron chi connectivity index (χ4n) is 1.98. The van der Waals surface area contributed by atoms with E-state index in [4.69, 9.17) is 0 Å². The van der Waals surface area contributed by atoms with Crippen molar-refractivity contribution < 1.29 is 14.4 Å². The second-order valence-electron chi connectivity index (χ2n) is 5.19. The molecule has 0 aliphatic rings. The highest BCUT2D eigenvalue weighted by Crippen LogP contribution is 2.12. The second kappa shape index (κ2) is 8.73. The zero-order valence-electron chi connectivity index (χ0n) is 13.8. The summed E-state index contributed by atoms with van der Waals surface area (Å²) in [4.78, 5) is 36.3. The van der Waals surface area contributed by atoms with Crippen molar-refractivity contribution in [1.29, 1.82) is 0 Å². The van der Waals surface area contributed by atoms with Crippen molar-refractivity contribution in [2.75, 3.05) is 19.4 Å². The topological polar surface area (TPSA) is 78.5 Å². The quantitative estimate of drug-likeness (QED) is 0.745. The molecule has 0 aromatic heterocycles. The second-order valence-corrected chi connectivity index (χ2v) is 5.19. The molecule has 124 valence electrons. The number of carbonyl (C=O) groups excluding carboxylic acids is 3. The molecule has 2 N–H and O–H groups in total. The smallest absolute Gasteiger partial charge is 0.247 e. The van der Waals surface area contributed by atoms with Gasteiger partial charge in [0, 0.05) is 26.2 Å². The SMILES string of the molecule is C=CC(=O)Nc1ccc(CCC(=O)N(C)[C@@H](C)C(=O)NC)cc1. The van der Waals surface area contributed by atoms with Crippen LogP contribution in [0.15, 0.2) is 36.9 Å². The molecule has 0 saturated heterocycles. The highest BCUT2D eigenvalue weighted by Gasteiger charge is 2.20. The number of likely N-dealkylation sites (N-methyl/N-ethyl adjacent to an activating group) is 2. The van der Waals surface area contributed by atoms with Gasteiger partial charge in [0.2, 0.25) is 17.7 Å². The van der Waals surface area contributed by atoms with Gasteiger partial charge in [-0.2, -0.15) is 0 Å². The molecule has 0 bridgehead atoms. The van der Waals surface area contributed by atoms with Crippen molar-refractivity contribution >= 4 is 23.4 Å². The van der Waals surface area contributed by atoms with E-state index in [1.54, 1.807) is 33.2 Å². The number of hydrogen-bond acceptors (Lipinski definition) is 3. The van der Waals surface area contributed by atoms with Gasteiger partial charge >= 0.3 is 0 Å². The maximum atomic E-state index is 12.1. The minimum absolute atomic E-state index is 0.0925. The fourth-order valence-corrected chi connectivity index (χ4v) is 1.98. The molecule has 0 radical (unpaired) electrons. The zero-order chi connectivity index (χ0) is 17.4. The first-order valence-corrected chi connectivity index (χ1v) is 7.38. The van der Waals surface area contributed by atoms with Crippen LogP contribution in [0.2, 0.25) is 0 Å². The lowest BCUT2D eigenvalue weighted by Gasteiger charge is -2.23. The van der Waals surface area contributed by atoms with Crippen LogP contribution in [0.3, 0.4) is 0 Å². The Bertz CT molecular complexity index is 581. The molecule has 6 heteroatoms. The third kappa shape index (κ3) is 5.58. The summed E-state index contributed by atoms with van der Waals surface area (Å²) in [6.45, 7) is 5.08. The van der Waals surface area contributed by atoms with Crippen molar-refractivity contribution in [3.63, 3.8) is 0 Å². The Morgan fingerprint density at radius 3 is 2.39 bits per heavy atom. The molecule has 0 unspecified atom stereocenters. The van der Waals surface area contributed by atoms with Gasteiger partial charge in [-0.3, -0.25) is 14.4 Å². The number of anilines is 1. The number of hydrogen-bond donors (Lipinski definition) is 2. The van der Waals surface area contributed by atoms with Crippen LogP contribution in [0.4, 0.5) is 5.69 Å². The first-order chi connectivity index (χ1) is 10.9. The van der Waals surface area contributed by atoms with Crippen molar-refractivity contribution in [3.8, 4) is 0 Å². The molecule has 23 heavy (non-hydrogen) atoms. The van der Waals surface area contributed by atoms with Gasteiger partial charge in [-0.15, -0.1) is 0 Å². The van der Waals surface area contributed by atoms with E-state index in [1.165, 1.54) is 11.0 Å². The first-order valence-electron chi connectivity index (χ1n) is 7.38. The zero-order valence-corrected chi connectivity index (χ0v) is 13.8. The number of amides is 3. The van der Waals surface area contributed by atoms with Crippen LogP contribution >= 0.6 is 0 Å². The average Bonchev–Trinajstić information content (AvgIpc) is 2.58. The molecule has 0 aliphatic carbocycles.